The van der Waals surface area contributed by atoms with Crippen LogP contribution in [0, 0.1) is 50.9 Å². The van der Waals surface area contributed by atoms with Crippen LogP contribution in [-0.4, -0.2) is 9.97 Å². The average Bonchev–Trinajstić information content (AvgIpc) is 4.02. The minimum Gasteiger partial charge on any atom is -0.509 e. The third-order valence-electron chi connectivity index (χ3n) is 14.3. The van der Waals surface area contributed by atoms with Crippen molar-refractivity contribution in [3.8, 4) is 23.0 Å². The van der Waals surface area contributed by atoms with E-state index in [1.165, 1.54) is 0 Å². The second kappa shape index (κ2) is 22.3. The molecule has 15 rings (SSSR count). The van der Waals surface area contributed by atoms with Gasteiger partial charge in [0.05, 0.1) is 0 Å². The van der Waals surface area contributed by atoms with Crippen molar-refractivity contribution in [2.75, 3.05) is 39.2 Å². The summed E-state index contributed by atoms with van der Waals surface area (Å²) in [5, 5.41) is 0. The maximum absolute atomic E-state index is 6.52. The van der Waals surface area contributed by atoms with E-state index < -0.39 is 0 Å². The van der Waals surface area contributed by atoms with Crippen molar-refractivity contribution in [1.29, 1.82) is 0 Å². The van der Waals surface area contributed by atoms with Gasteiger partial charge in [-0.15, -0.1) is 122 Å². The Labute approximate surface area is 505 Å². The first-order valence-corrected chi connectivity index (χ1v) is 26.1. The number of rotatable bonds is 12. The van der Waals surface area contributed by atoms with Crippen LogP contribution in [0.4, 0.5) is 91.0 Å². The van der Waals surface area contributed by atoms with Crippen molar-refractivity contribution in [2.45, 2.75) is 0 Å². The molecule has 0 N–H and O–H groups in total. The fraction of sp³-hybridized carbons (Fsp3) is 0. The first-order valence-electron chi connectivity index (χ1n) is 26.1. The van der Waals surface area contributed by atoms with E-state index in [4.69, 9.17) is 9.47 Å². The quantitative estimate of drug-likeness (QED) is 0.109. The molecule has 0 radical (unpaired) electrons. The molecule has 4 aliphatic rings. The Bertz CT molecular complexity index is 3820. The van der Waals surface area contributed by atoms with E-state index in [1.807, 2.05) is 121 Å². The zero-order valence-corrected chi connectivity index (χ0v) is 47.9. The van der Waals surface area contributed by atoms with Gasteiger partial charge < -0.3 is 48.7 Å². The van der Waals surface area contributed by atoms with Gasteiger partial charge in [0.1, 0.15) is 0 Å². The van der Waals surface area contributed by atoms with E-state index in [0.717, 1.165) is 91.0 Å². The molecule has 12 nitrogen and oxygen atoms in total. The van der Waals surface area contributed by atoms with Gasteiger partial charge in [0.25, 0.3) is 0 Å². The van der Waals surface area contributed by atoms with Gasteiger partial charge in [-0.1, -0.05) is 48.5 Å². The Hall–Kier alpha value is -9.34. The summed E-state index contributed by atoms with van der Waals surface area (Å²) in [5.74, 6) is 2.30. The summed E-state index contributed by atoms with van der Waals surface area (Å²) >= 11 is 0. The summed E-state index contributed by atoms with van der Waals surface area (Å²) in [4.78, 5) is 25.7. The Morgan fingerprint density at radius 1 is 0.244 bits per heavy atom. The third-order valence-corrected chi connectivity index (χ3v) is 14.3. The number of benzene rings is 9. The Morgan fingerprint density at radius 3 is 0.707 bits per heavy atom. The maximum Gasteiger partial charge on any atom is 4.00 e. The third kappa shape index (κ3) is 9.63. The Balaban J connectivity index is 0.00000316. The van der Waals surface area contributed by atoms with Crippen molar-refractivity contribution >= 4 is 91.0 Å². The first-order chi connectivity index (χ1) is 39.6. The molecule has 6 heterocycles. The van der Waals surface area contributed by atoms with Gasteiger partial charge in [-0.3, -0.25) is 9.97 Å². The largest absolute Gasteiger partial charge is 4.00 e. The molecule has 2 aromatic heterocycles. The van der Waals surface area contributed by atoms with Crippen LogP contribution >= 0.6 is 0 Å². The second-order valence-electron chi connectivity index (χ2n) is 19.1. The first kappa shape index (κ1) is 52.1. The van der Waals surface area contributed by atoms with Crippen molar-refractivity contribution in [3.05, 3.63) is 294 Å². The van der Waals surface area contributed by atoms with E-state index in [0.29, 0.717) is 23.0 Å². The van der Waals surface area contributed by atoms with Crippen molar-refractivity contribution < 1.29 is 51.6 Å². The second-order valence-corrected chi connectivity index (χ2v) is 19.1. The number of para-hydroxylation sites is 8. The van der Waals surface area contributed by atoms with Crippen LogP contribution in [0.3, 0.4) is 0 Å². The van der Waals surface area contributed by atoms with Crippen LogP contribution in [0.1, 0.15) is 0 Å². The molecule has 4 aliphatic heterocycles. The molecule has 0 unspecified atom stereocenters. The monoisotopic (exact) mass is 1420 g/mol. The van der Waals surface area contributed by atoms with E-state index in [2.05, 4.69) is 197 Å². The summed E-state index contributed by atoms with van der Waals surface area (Å²) in [6.45, 7) is 8.36. The summed E-state index contributed by atoms with van der Waals surface area (Å²) in [6.07, 6.45) is 7.21. The van der Waals surface area contributed by atoms with Crippen LogP contribution in [-0.2, 0) is 42.1 Å². The zero-order chi connectivity index (χ0) is 52.9. The van der Waals surface area contributed by atoms with E-state index >= 15 is 0 Å². The predicted octanol–water partition coefficient (Wildman–Crippen LogP) is 16.9. The van der Waals surface area contributed by atoms with Crippen molar-refractivity contribution in [3.63, 3.8) is 0 Å². The van der Waals surface area contributed by atoms with Crippen molar-refractivity contribution in [2.24, 2.45) is 0 Å². The fourth-order valence-corrected chi connectivity index (χ4v) is 10.6. The van der Waals surface area contributed by atoms with Crippen LogP contribution < -0.4 is 48.7 Å². The fourth-order valence-electron chi connectivity index (χ4n) is 10.6. The molecule has 0 atom stereocenters. The molecule has 82 heavy (non-hydrogen) atoms. The number of hydrogen-bond acceptors (Lipinski definition) is 12. The van der Waals surface area contributed by atoms with E-state index in [9.17, 15) is 0 Å². The minimum atomic E-state index is 0. The summed E-state index contributed by atoms with van der Waals surface area (Å²) < 4.78 is 13.0. The molecule has 0 saturated carbocycles. The zero-order valence-electron chi connectivity index (χ0n) is 43.3. The molecule has 0 bridgehead atoms. The molecule has 398 valence electrons. The molecule has 0 aliphatic carbocycles. The molecular formula is C68H44N10O2Pt2. The van der Waals surface area contributed by atoms with E-state index in [-0.39, 0.29) is 42.1 Å². The SMILES string of the molecule is [Pt+4].[Pt+4].[c-]1c(Oc2[c-]c(N3[CH-]N(c4ccc(N5[CH-]N(c6[c-]c(Oc7[c-]c(N8[CH-]N(c9ccncc9)c9ccccc98)ccc7)ccc6)c6ccccc65)cc4)c4ccccc43)ccc2)cccc1N1[CH-]N(c2ccncc2)c2ccccc21. The molecule has 0 saturated heterocycles. The number of nitrogens with zero attached hydrogens (tertiary/aromatic N) is 10. The molecular weight excluding hydrogens is 1380 g/mol. The molecule has 11 aromatic rings. The van der Waals surface area contributed by atoms with Crippen LogP contribution in [0.2, 0.25) is 0 Å². The van der Waals surface area contributed by atoms with Crippen LogP contribution in [0.15, 0.2) is 243 Å². The average molecular weight is 1420 g/mol. The van der Waals surface area contributed by atoms with Gasteiger partial charge in [-0.05, 0) is 97.1 Å². The number of fused-ring (bicyclic) bond motifs is 4. The molecule has 0 spiro atoms. The van der Waals surface area contributed by atoms with Gasteiger partial charge in [0, 0.05) is 116 Å². The number of aromatic nitrogens is 2. The van der Waals surface area contributed by atoms with Gasteiger partial charge >= 0.3 is 42.1 Å². The van der Waals surface area contributed by atoms with Crippen LogP contribution in [0.5, 0.6) is 23.0 Å². The molecule has 14 heteroatoms. The number of ether oxygens (including phenoxy) is 2. The summed E-state index contributed by atoms with van der Waals surface area (Å²) in [5.41, 5.74) is 15.8. The molecule has 0 fully saturated rings. The maximum atomic E-state index is 6.52. The summed E-state index contributed by atoms with van der Waals surface area (Å²) in [6, 6.07) is 88.0. The number of anilines is 16. The molecule has 0 amide bonds. The number of hydrogen-bond donors (Lipinski definition) is 0. The van der Waals surface area contributed by atoms with Crippen molar-refractivity contribution in [1.82, 2.24) is 9.97 Å². The van der Waals surface area contributed by atoms with E-state index in [1.54, 1.807) is 24.8 Å². The predicted molar refractivity (Wildman–Crippen MR) is 316 cm³/mol. The van der Waals surface area contributed by atoms with Gasteiger partial charge in [-0.25, -0.2) is 0 Å². The minimum absolute atomic E-state index is 0. The van der Waals surface area contributed by atoms with Gasteiger partial charge in [0.15, 0.2) is 0 Å². The smallest absolute Gasteiger partial charge is 0.509 e. The normalized spacial score (nSPS) is 13.8. The Morgan fingerprint density at radius 2 is 0.463 bits per heavy atom. The van der Waals surface area contributed by atoms with Gasteiger partial charge in [-0.2, -0.15) is 24.3 Å². The summed E-state index contributed by atoms with van der Waals surface area (Å²) in [7, 11) is 0. The Kier molecular flexibility index (Phi) is 14.2. The van der Waals surface area contributed by atoms with Gasteiger partial charge in [0.2, 0.25) is 0 Å². The standard InChI is InChI=1S/C68H44N10O2.2Pt/c1-5-25-65-61(21-1)71(45-75(65)53-13-9-17-57(41-53)79-59-19-11-15-55(43-59)77-47-73(51-33-37-69-38-34-51)63-23-3-7-27-67(63)77)49-29-31-50(32-30-49)72-46-76(66-26-6-2-22-62(66)72)54-14-10-18-58(42-54)80-60-20-12-16-56(44-60)78-48-74(52-35-39-70-40-36-52)64-24-4-8-28-68(64)78;;/h1-40,45-48H;;/q-8;2*+4. The van der Waals surface area contributed by atoms with Crippen LogP contribution in [0.25, 0.3) is 0 Å². The number of pyridine rings is 2. The topological polar surface area (TPSA) is 70.2 Å². The molecule has 9 aromatic carbocycles.